The average molecular weight is 517 g/mol. The molecule has 9 heteroatoms. The van der Waals surface area contributed by atoms with E-state index in [9.17, 15) is 9.59 Å². The minimum atomic E-state index is -0.208. The van der Waals surface area contributed by atoms with E-state index in [0.717, 1.165) is 53.8 Å². The van der Waals surface area contributed by atoms with Crippen LogP contribution < -0.4 is 10.9 Å². The fraction of sp³-hybridized carbons (Fsp3) is 0.393. The van der Waals surface area contributed by atoms with Crippen LogP contribution in [0.15, 0.2) is 46.7 Å². The number of nitrogens with zero attached hydrogens (tertiary/aromatic N) is 3. The van der Waals surface area contributed by atoms with Crippen LogP contribution in [0, 0.1) is 0 Å². The standard InChI is InChI=1S/C28H32N6O2S/c1-18(14-20-6-4-13-37-20)30-22-7-8-29-27(35)25(22)26-31-23-15-19-17-34(12-5-11-33-9-2-3-10-33)28(36)21(19)16-24(23)32-26/h4,6-8,13,15-16,18H,2-3,5,9-12,14,17H2,1H3,(H,31,32)(H2,29,30,35). The fourth-order valence-electron chi connectivity index (χ4n) is 5.55. The van der Waals surface area contributed by atoms with Crippen LogP contribution >= 0.6 is 11.3 Å². The average Bonchev–Trinajstić information content (AvgIpc) is 3.67. The summed E-state index contributed by atoms with van der Waals surface area (Å²) in [6.45, 7) is 6.92. The molecular formula is C28H32N6O2S. The number of likely N-dealkylation sites (tertiary alicyclic amines) is 1. The van der Waals surface area contributed by atoms with Crippen LogP contribution in [0.4, 0.5) is 5.69 Å². The number of anilines is 1. The number of nitrogens with one attached hydrogen (secondary N) is 3. The topological polar surface area (TPSA) is 97.1 Å². The molecule has 6 rings (SSSR count). The van der Waals surface area contributed by atoms with Crippen molar-refractivity contribution in [2.45, 2.75) is 45.2 Å². The summed E-state index contributed by atoms with van der Waals surface area (Å²) in [6.07, 6.45) is 6.09. The van der Waals surface area contributed by atoms with Gasteiger partial charge in [-0.15, -0.1) is 11.3 Å². The molecule has 0 saturated carbocycles. The summed E-state index contributed by atoms with van der Waals surface area (Å²) in [4.78, 5) is 42.6. The normalized spacial score (nSPS) is 16.6. The molecule has 1 aromatic carbocycles. The molecule has 1 unspecified atom stereocenters. The molecule has 2 aliphatic rings. The Morgan fingerprint density at radius 1 is 1.16 bits per heavy atom. The molecule has 0 spiro atoms. The molecule has 1 fully saturated rings. The largest absolute Gasteiger partial charge is 0.381 e. The molecule has 37 heavy (non-hydrogen) atoms. The Morgan fingerprint density at radius 3 is 2.84 bits per heavy atom. The number of carbonyl (C=O) groups is 1. The van der Waals surface area contributed by atoms with Crippen molar-refractivity contribution in [3.63, 3.8) is 0 Å². The van der Waals surface area contributed by atoms with Crippen LogP contribution in [0.2, 0.25) is 0 Å². The Morgan fingerprint density at radius 2 is 2.03 bits per heavy atom. The van der Waals surface area contributed by atoms with E-state index in [1.165, 1.54) is 30.8 Å². The van der Waals surface area contributed by atoms with Crippen molar-refractivity contribution >= 4 is 34.0 Å². The number of rotatable bonds is 9. The van der Waals surface area contributed by atoms with Gasteiger partial charge in [0.2, 0.25) is 0 Å². The number of aromatic nitrogens is 3. The first-order valence-electron chi connectivity index (χ1n) is 13.1. The lowest BCUT2D eigenvalue weighted by molar-refractivity contribution is 0.0772. The summed E-state index contributed by atoms with van der Waals surface area (Å²) in [7, 11) is 0. The Labute approximate surface area is 219 Å². The van der Waals surface area contributed by atoms with Crippen molar-refractivity contribution in [3.8, 4) is 11.4 Å². The minimum Gasteiger partial charge on any atom is -0.381 e. The van der Waals surface area contributed by atoms with Gasteiger partial charge in [-0.3, -0.25) is 9.59 Å². The maximum absolute atomic E-state index is 13.1. The Hall–Kier alpha value is -3.43. The molecule has 1 amide bonds. The summed E-state index contributed by atoms with van der Waals surface area (Å²) in [5, 5.41) is 5.57. The van der Waals surface area contributed by atoms with E-state index in [1.807, 2.05) is 23.1 Å². The van der Waals surface area contributed by atoms with E-state index in [2.05, 4.69) is 44.6 Å². The van der Waals surface area contributed by atoms with Gasteiger partial charge in [0.05, 0.1) is 16.7 Å². The zero-order valence-corrected chi connectivity index (χ0v) is 21.9. The highest BCUT2D eigenvalue weighted by Gasteiger charge is 2.28. The van der Waals surface area contributed by atoms with E-state index in [-0.39, 0.29) is 17.5 Å². The number of benzene rings is 1. The second kappa shape index (κ2) is 10.1. The van der Waals surface area contributed by atoms with Crippen LogP contribution in [0.25, 0.3) is 22.4 Å². The fourth-order valence-corrected chi connectivity index (χ4v) is 6.38. The maximum Gasteiger partial charge on any atom is 0.261 e. The first-order chi connectivity index (χ1) is 18.0. The summed E-state index contributed by atoms with van der Waals surface area (Å²) in [6, 6.07) is 10.1. The molecule has 2 aliphatic heterocycles. The highest BCUT2D eigenvalue weighted by molar-refractivity contribution is 7.09. The van der Waals surface area contributed by atoms with Gasteiger partial charge in [-0.25, -0.2) is 4.98 Å². The molecule has 3 N–H and O–H groups in total. The predicted molar refractivity (Wildman–Crippen MR) is 148 cm³/mol. The number of carbonyl (C=O) groups excluding carboxylic acids is 1. The number of imidazole rings is 1. The van der Waals surface area contributed by atoms with Crippen molar-refractivity contribution in [3.05, 3.63) is 68.3 Å². The van der Waals surface area contributed by atoms with Crippen LogP contribution in [0.5, 0.6) is 0 Å². The number of aromatic amines is 2. The van der Waals surface area contributed by atoms with Crippen molar-refractivity contribution in [2.24, 2.45) is 0 Å². The molecule has 8 nitrogen and oxygen atoms in total. The second-order valence-electron chi connectivity index (χ2n) is 10.2. The first-order valence-corrected chi connectivity index (χ1v) is 14.0. The first kappa shape index (κ1) is 23.9. The van der Waals surface area contributed by atoms with Crippen LogP contribution in [-0.2, 0) is 13.0 Å². The van der Waals surface area contributed by atoms with Gasteiger partial charge in [0, 0.05) is 42.2 Å². The van der Waals surface area contributed by atoms with Crippen molar-refractivity contribution in [2.75, 3.05) is 31.5 Å². The number of pyridine rings is 1. The number of amides is 1. The molecule has 3 aromatic heterocycles. The molecular weight excluding hydrogens is 484 g/mol. The number of hydrogen-bond acceptors (Lipinski definition) is 6. The lowest BCUT2D eigenvalue weighted by Crippen LogP contribution is -2.29. The second-order valence-corrected chi connectivity index (χ2v) is 11.2. The molecule has 5 heterocycles. The number of thiophene rings is 1. The summed E-state index contributed by atoms with van der Waals surface area (Å²) in [5.41, 5.74) is 4.27. The van der Waals surface area contributed by atoms with Gasteiger partial charge in [0.15, 0.2) is 0 Å². The van der Waals surface area contributed by atoms with Crippen molar-refractivity contribution in [1.82, 2.24) is 24.8 Å². The minimum absolute atomic E-state index is 0.0804. The quantitative estimate of drug-likeness (QED) is 0.305. The number of fused-ring (bicyclic) bond motifs is 2. The Bertz CT molecular complexity index is 1470. The lowest BCUT2D eigenvalue weighted by atomic mass is 10.1. The predicted octanol–water partition coefficient (Wildman–Crippen LogP) is 4.46. The Kier molecular flexibility index (Phi) is 6.56. The van der Waals surface area contributed by atoms with Crippen molar-refractivity contribution in [1.29, 1.82) is 0 Å². The van der Waals surface area contributed by atoms with Gasteiger partial charge < -0.3 is 25.1 Å². The third-order valence-electron chi connectivity index (χ3n) is 7.37. The van der Waals surface area contributed by atoms with Gasteiger partial charge in [-0.2, -0.15) is 0 Å². The van der Waals surface area contributed by atoms with Crippen molar-refractivity contribution < 1.29 is 4.79 Å². The van der Waals surface area contributed by atoms with E-state index in [0.29, 0.717) is 17.9 Å². The maximum atomic E-state index is 13.1. The van der Waals surface area contributed by atoms with E-state index < -0.39 is 0 Å². The molecule has 192 valence electrons. The van der Waals surface area contributed by atoms with E-state index >= 15 is 0 Å². The van der Waals surface area contributed by atoms with Crippen LogP contribution in [0.3, 0.4) is 0 Å². The summed E-state index contributed by atoms with van der Waals surface area (Å²) < 4.78 is 0. The monoisotopic (exact) mass is 516 g/mol. The van der Waals surface area contributed by atoms with Gasteiger partial charge >= 0.3 is 0 Å². The van der Waals surface area contributed by atoms with E-state index in [1.54, 1.807) is 17.5 Å². The summed E-state index contributed by atoms with van der Waals surface area (Å²) in [5.74, 6) is 0.582. The lowest BCUT2D eigenvalue weighted by Gasteiger charge is -2.19. The van der Waals surface area contributed by atoms with E-state index in [4.69, 9.17) is 4.98 Å². The summed E-state index contributed by atoms with van der Waals surface area (Å²) >= 11 is 1.73. The molecule has 1 atom stereocenters. The zero-order chi connectivity index (χ0) is 25.4. The van der Waals surface area contributed by atoms with Crippen LogP contribution in [-0.4, -0.2) is 62.9 Å². The molecule has 1 saturated heterocycles. The molecule has 0 aliphatic carbocycles. The molecule has 0 radical (unpaired) electrons. The number of H-pyrrole nitrogens is 2. The number of hydrogen-bond donors (Lipinski definition) is 3. The van der Waals surface area contributed by atoms with Gasteiger partial charge in [-0.05, 0) is 81.0 Å². The molecule has 0 bridgehead atoms. The highest BCUT2D eigenvalue weighted by Crippen LogP contribution is 2.30. The molecule has 4 aromatic rings. The van der Waals surface area contributed by atoms with Crippen LogP contribution in [0.1, 0.15) is 47.0 Å². The SMILES string of the molecule is CC(Cc1cccs1)Nc1cc[nH]c(=O)c1-c1nc2cc3c(cc2[nH]1)C(=O)N(CCCN1CCCC1)C3. The van der Waals surface area contributed by atoms with Gasteiger partial charge in [0.25, 0.3) is 11.5 Å². The Balaban J connectivity index is 1.21. The van der Waals surface area contributed by atoms with Gasteiger partial charge in [-0.1, -0.05) is 6.07 Å². The third-order valence-corrected chi connectivity index (χ3v) is 8.27. The van der Waals surface area contributed by atoms with Gasteiger partial charge in [0.1, 0.15) is 11.4 Å². The smallest absolute Gasteiger partial charge is 0.261 e. The third kappa shape index (κ3) is 4.93. The highest BCUT2D eigenvalue weighted by atomic mass is 32.1. The zero-order valence-electron chi connectivity index (χ0n) is 21.0.